The summed E-state index contributed by atoms with van der Waals surface area (Å²) in [7, 11) is 0. The fourth-order valence-corrected chi connectivity index (χ4v) is 2.60. The van der Waals surface area contributed by atoms with Gasteiger partial charge in [-0.15, -0.1) is 0 Å². The topological polar surface area (TPSA) is 46.3 Å². The molecule has 2 rings (SSSR count). The van der Waals surface area contributed by atoms with E-state index in [4.69, 9.17) is 17.3 Å². The van der Waals surface area contributed by atoms with Gasteiger partial charge in [-0.3, -0.25) is 4.79 Å². The third kappa shape index (κ3) is 2.98. The van der Waals surface area contributed by atoms with E-state index in [1.54, 1.807) is 18.2 Å². The van der Waals surface area contributed by atoms with Crippen molar-refractivity contribution >= 4 is 23.2 Å². The van der Waals surface area contributed by atoms with E-state index in [1.165, 1.54) is 5.57 Å². The Morgan fingerprint density at radius 1 is 1.35 bits per heavy atom. The Hall–Kier alpha value is -1.48. The van der Waals surface area contributed by atoms with Crippen molar-refractivity contribution in [3.8, 4) is 0 Å². The number of nitrogens with two attached hydrogens (primary N) is 1. The highest BCUT2D eigenvalue weighted by Gasteiger charge is 2.25. The zero-order valence-corrected chi connectivity index (χ0v) is 13.0. The lowest BCUT2D eigenvalue weighted by atomic mass is 9.83. The van der Waals surface area contributed by atoms with Gasteiger partial charge in [0.15, 0.2) is 0 Å². The highest BCUT2D eigenvalue weighted by atomic mass is 35.5. The first kappa shape index (κ1) is 14.9. The molecule has 0 fully saturated rings. The van der Waals surface area contributed by atoms with E-state index in [2.05, 4.69) is 26.8 Å². The minimum absolute atomic E-state index is 0.0470. The Labute approximate surface area is 125 Å². The third-order valence-electron chi connectivity index (χ3n) is 3.74. The molecule has 0 bridgehead atoms. The molecule has 1 amide bonds. The van der Waals surface area contributed by atoms with Gasteiger partial charge in [-0.05, 0) is 24.0 Å². The van der Waals surface area contributed by atoms with Crippen LogP contribution in [0.15, 0.2) is 29.8 Å². The van der Waals surface area contributed by atoms with Crippen LogP contribution in [0, 0.1) is 5.41 Å². The number of carbonyl (C=O) groups excluding carboxylic acids is 1. The molecule has 0 unspecified atom stereocenters. The first-order valence-corrected chi connectivity index (χ1v) is 7.21. The summed E-state index contributed by atoms with van der Waals surface area (Å²) in [6, 6.07) is 5.18. The van der Waals surface area contributed by atoms with Gasteiger partial charge < -0.3 is 10.6 Å². The third-order valence-corrected chi connectivity index (χ3v) is 4.07. The maximum Gasteiger partial charge on any atom is 0.256 e. The monoisotopic (exact) mass is 292 g/mol. The lowest BCUT2D eigenvalue weighted by Crippen LogP contribution is -2.36. The highest BCUT2D eigenvalue weighted by Crippen LogP contribution is 2.31. The molecule has 0 saturated carbocycles. The molecular formula is C16H21ClN2O. The van der Waals surface area contributed by atoms with Crippen molar-refractivity contribution in [2.24, 2.45) is 5.41 Å². The number of hydrogen-bond acceptors (Lipinski definition) is 2. The van der Waals surface area contributed by atoms with Gasteiger partial charge in [-0.1, -0.05) is 50.1 Å². The summed E-state index contributed by atoms with van der Waals surface area (Å²) < 4.78 is 0. The number of rotatable bonds is 1. The molecule has 108 valence electrons. The van der Waals surface area contributed by atoms with Crippen LogP contribution in [0.5, 0.6) is 0 Å². The van der Waals surface area contributed by atoms with Gasteiger partial charge >= 0.3 is 0 Å². The number of hydrogen-bond donors (Lipinski definition) is 1. The van der Waals surface area contributed by atoms with E-state index >= 15 is 0 Å². The van der Waals surface area contributed by atoms with Gasteiger partial charge in [0, 0.05) is 13.1 Å². The smallest absolute Gasteiger partial charge is 0.256 e. The molecule has 1 aliphatic heterocycles. The van der Waals surface area contributed by atoms with Crippen LogP contribution in [-0.4, -0.2) is 23.9 Å². The van der Waals surface area contributed by atoms with Crippen molar-refractivity contribution in [1.82, 2.24) is 4.90 Å². The number of halogens is 1. The Balaban J connectivity index is 2.17. The first-order valence-electron chi connectivity index (χ1n) is 6.83. The quantitative estimate of drug-likeness (QED) is 0.633. The molecule has 1 heterocycles. The van der Waals surface area contributed by atoms with Gasteiger partial charge in [0.25, 0.3) is 5.91 Å². The molecular weight excluding hydrogens is 272 g/mol. The Kier molecular flexibility index (Phi) is 4.09. The molecule has 0 saturated heterocycles. The molecule has 20 heavy (non-hydrogen) atoms. The number of amides is 1. The van der Waals surface area contributed by atoms with Crippen molar-refractivity contribution in [1.29, 1.82) is 0 Å². The summed E-state index contributed by atoms with van der Waals surface area (Å²) in [5, 5.41) is 0.429. The largest absolute Gasteiger partial charge is 0.397 e. The van der Waals surface area contributed by atoms with E-state index in [0.717, 1.165) is 13.0 Å². The van der Waals surface area contributed by atoms with Crippen LogP contribution in [0.2, 0.25) is 5.02 Å². The van der Waals surface area contributed by atoms with Crippen molar-refractivity contribution in [3.63, 3.8) is 0 Å². The standard InChI is InChI=1S/C16H21ClN2O/c1-16(2,3)11-7-9-19(10-8-11)15(20)12-5-4-6-13(17)14(12)18/h4-7H,8-10,18H2,1-3H3. The summed E-state index contributed by atoms with van der Waals surface area (Å²) in [4.78, 5) is 14.3. The van der Waals surface area contributed by atoms with Gasteiger partial charge in [-0.2, -0.15) is 0 Å². The molecule has 1 aliphatic rings. The van der Waals surface area contributed by atoms with E-state index in [9.17, 15) is 4.79 Å². The fourth-order valence-electron chi connectivity index (χ4n) is 2.43. The molecule has 2 N–H and O–H groups in total. The van der Waals surface area contributed by atoms with Crippen molar-refractivity contribution in [3.05, 3.63) is 40.4 Å². The summed E-state index contributed by atoms with van der Waals surface area (Å²) in [6.07, 6.45) is 3.07. The fraction of sp³-hybridized carbons (Fsp3) is 0.438. The molecule has 0 aliphatic carbocycles. The van der Waals surface area contributed by atoms with Crippen molar-refractivity contribution < 1.29 is 4.79 Å². The summed E-state index contributed by atoms with van der Waals surface area (Å²) in [5.41, 5.74) is 8.32. The second-order valence-electron chi connectivity index (χ2n) is 6.18. The van der Waals surface area contributed by atoms with Gasteiger partial charge in [-0.25, -0.2) is 0 Å². The average molecular weight is 293 g/mol. The second-order valence-corrected chi connectivity index (χ2v) is 6.59. The predicted molar refractivity (Wildman–Crippen MR) is 83.9 cm³/mol. The molecule has 1 aromatic carbocycles. The normalized spacial score (nSPS) is 16.0. The van der Waals surface area contributed by atoms with Crippen LogP contribution in [-0.2, 0) is 0 Å². The zero-order chi connectivity index (χ0) is 14.9. The second kappa shape index (κ2) is 5.49. The summed E-state index contributed by atoms with van der Waals surface area (Å²) >= 11 is 5.97. The molecule has 4 heteroatoms. The number of nitrogen functional groups attached to an aromatic ring is 1. The van der Waals surface area contributed by atoms with Crippen molar-refractivity contribution in [2.75, 3.05) is 18.8 Å². The van der Waals surface area contributed by atoms with E-state index in [1.807, 2.05) is 4.90 Å². The molecule has 0 spiro atoms. The minimum atomic E-state index is -0.0470. The number of benzene rings is 1. The van der Waals surface area contributed by atoms with Crippen LogP contribution in [0.25, 0.3) is 0 Å². The lowest BCUT2D eigenvalue weighted by Gasteiger charge is -2.32. The van der Waals surface area contributed by atoms with Gasteiger partial charge in [0.2, 0.25) is 0 Å². The molecule has 3 nitrogen and oxygen atoms in total. The van der Waals surface area contributed by atoms with Crippen LogP contribution in [0.3, 0.4) is 0 Å². The number of nitrogens with zero attached hydrogens (tertiary/aromatic N) is 1. The van der Waals surface area contributed by atoms with Gasteiger partial charge in [0.1, 0.15) is 0 Å². The first-order chi connectivity index (χ1) is 9.30. The summed E-state index contributed by atoms with van der Waals surface area (Å²) in [5.74, 6) is -0.0470. The van der Waals surface area contributed by atoms with E-state index in [-0.39, 0.29) is 11.3 Å². The maximum atomic E-state index is 12.5. The van der Waals surface area contributed by atoms with E-state index in [0.29, 0.717) is 22.8 Å². The van der Waals surface area contributed by atoms with Gasteiger partial charge in [0.05, 0.1) is 16.3 Å². The Morgan fingerprint density at radius 3 is 2.60 bits per heavy atom. The highest BCUT2D eigenvalue weighted by molar-refractivity contribution is 6.33. The molecule has 0 aromatic heterocycles. The number of carbonyl (C=O) groups is 1. The van der Waals surface area contributed by atoms with Crippen molar-refractivity contribution in [2.45, 2.75) is 27.2 Å². The van der Waals surface area contributed by atoms with E-state index < -0.39 is 0 Å². The predicted octanol–water partition coefficient (Wildman–Crippen LogP) is 3.74. The molecule has 1 aromatic rings. The summed E-state index contributed by atoms with van der Waals surface area (Å²) in [6.45, 7) is 7.97. The number of para-hydroxylation sites is 1. The Morgan fingerprint density at radius 2 is 2.05 bits per heavy atom. The maximum absolute atomic E-state index is 12.5. The Bertz CT molecular complexity index is 558. The molecule has 0 radical (unpaired) electrons. The van der Waals surface area contributed by atoms with Crippen LogP contribution in [0.1, 0.15) is 37.6 Å². The average Bonchev–Trinajstić information content (AvgIpc) is 2.40. The van der Waals surface area contributed by atoms with Crippen LogP contribution < -0.4 is 5.73 Å². The zero-order valence-electron chi connectivity index (χ0n) is 12.2. The lowest BCUT2D eigenvalue weighted by molar-refractivity contribution is 0.0766. The number of anilines is 1. The SMILES string of the molecule is CC(C)(C)C1=CCN(C(=O)c2cccc(Cl)c2N)CC1. The van der Waals surface area contributed by atoms with Crippen LogP contribution in [0.4, 0.5) is 5.69 Å². The minimum Gasteiger partial charge on any atom is -0.397 e. The van der Waals surface area contributed by atoms with Crippen LogP contribution >= 0.6 is 11.6 Å². The molecule has 0 atom stereocenters.